The van der Waals surface area contributed by atoms with Gasteiger partial charge in [0.25, 0.3) is 0 Å². The van der Waals surface area contributed by atoms with E-state index in [1.807, 2.05) is 0 Å². The van der Waals surface area contributed by atoms with Crippen molar-refractivity contribution < 1.29 is 14.4 Å². The van der Waals surface area contributed by atoms with Crippen molar-refractivity contribution in [1.82, 2.24) is 0 Å². The van der Waals surface area contributed by atoms with Crippen LogP contribution in [-0.4, -0.2) is 55.8 Å². The van der Waals surface area contributed by atoms with Crippen molar-refractivity contribution in [3.63, 3.8) is 0 Å². The molecule has 0 fully saturated rings. The summed E-state index contributed by atoms with van der Waals surface area (Å²) in [7, 11) is 6.86. The van der Waals surface area contributed by atoms with Crippen LogP contribution in [0.3, 0.4) is 0 Å². The Balaban J connectivity index is 0. The molecule has 26 heavy (non-hydrogen) atoms. The maximum atomic E-state index is 10.1. The number of hydrogen-bond acceptors (Lipinski definition) is 3. The van der Waals surface area contributed by atoms with Crippen LogP contribution in [0, 0.1) is 0 Å². The zero-order valence-electron chi connectivity index (χ0n) is 18.1. The second-order valence-electron chi connectivity index (χ2n) is 8.43. The van der Waals surface area contributed by atoms with E-state index in [2.05, 4.69) is 28.1 Å². The number of aliphatic carboxylic acids is 1. The Morgan fingerprint density at radius 1 is 0.846 bits per heavy atom. The van der Waals surface area contributed by atoms with Crippen molar-refractivity contribution in [2.45, 2.75) is 96.4 Å². The van der Waals surface area contributed by atoms with Crippen LogP contribution in [0.5, 0.6) is 0 Å². The van der Waals surface area contributed by atoms with Gasteiger partial charge in [-0.2, -0.15) is 0 Å². The fraction of sp³-hybridized carbons (Fsp3) is 0.952. The summed E-state index contributed by atoms with van der Waals surface area (Å²) < 4.78 is 1.12. The quantitative estimate of drug-likeness (QED) is 0.280. The second kappa shape index (κ2) is 19.1. The van der Waals surface area contributed by atoms with Crippen molar-refractivity contribution in [3.8, 4) is 0 Å². The predicted octanol–water partition coefficient (Wildman–Crippen LogP) is 4.14. The van der Waals surface area contributed by atoms with Crippen LogP contribution in [0.1, 0.15) is 90.4 Å². The van der Waals surface area contributed by atoms with Crippen LogP contribution in [-0.2, 0) is 4.79 Å². The maximum Gasteiger partial charge on any atom is 0.320 e. The van der Waals surface area contributed by atoms with Gasteiger partial charge in [0.1, 0.15) is 6.04 Å². The van der Waals surface area contributed by atoms with E-state index in [1.54, 1.807) is 0 Å². The fourth-order valence-electron chi connectivity index (χ4n) is 2.71. The van der Waals surface area contributed by atoms with Gasteiger partial charge in [0, 0.05) is 0 Å². The highest BCUT2D eigenvalue weighted by Crippen LogP contribution is 2.11. The summed E-state index contributed by atoms with van der Waals surface area (Å²) in [6, 6.07) is -0.716. The molecule has 0 aromatic heterocycles. The van der Waals surface area contributed by atoms with Crippen LogP contribution in [0.4, 0.5) is 0 Å². The first-order valence-electron chi connectivity index (χ1n) is 10.7. The maximum absolute atomic E-state index is 10.1. The minimum Gasteiger partial charge on any atom is -0.480 e. The van der Waals surface area contributed by atoms with Crippen LogP contribution >= 0.6 is 0 Å². The smallest absolute Gasteiger partial charge is 0.320 e. The zero-order chi connectivity index (χ0) is 20.3. The van der Waals surface area contributed by atoms with Gasteiger partial charge in [-0.3, -0.25) is 4.79 Å². The average molecular weight is 375 g/mol. The molecule has 158 valence electrons. The first-order valence-corrected chi connectivity index (χ1v) is 10.7. The van der Waals surface area contributed by atoms with Gasteiger partial charge in [-0.15, -0.1) is 0 Å². The van der Waals surface area contributed by atoms with Crippen LogP contribution < -0.4 is 11.5 Å². The van der Waals surface area contributed by atoms with Crippen molar-refractivity contribution in [2.24, 2.45) is 11.5 Å². The Morgan fingerprint density at radius 2 is 1.31 bits per heavy atom. The summed E-state index contributed by atoms with van der Waals surface area (Å²) >= 11 is 0. The summed E-state index contributed by atoms with van der Waals surface area (Å²) in [6.45, 7) is 4.22. The van der Waals surface area contributed by atoms with E-state index >= 15 is 0 Å². The standard InChI is InChI=1S/C15H34N.C6H14N2O2/c1-5-6-7-8-9-10-11-12-13-14-15-16(2,3)4;7-4-2-1-3-5(8)6(9)10/h5-15H2,1-4H3;5H,1-4,7-8H2,(H,9,10)/q+1;. The molecule has 1 atom stereocenters. The molecule has 0 heterocycles. The van der Waals surface area contributed by atoms with Crippen molar-refractivity contribution >= 4 is 5.97 Å². The van der Waals surface area contributed by atoms with Gasteiger partial charge in [-0.1, -0.05) is 64.7 Å². The molecule has 0 saturated heterocycles. The number of nitrogens with two attached hydrogens (primary N) is 2. The number of hydrogen-bond donors (Lipinski definition) is 3. The Bertz CT molecular complexity index is 304. The summed E-state index contributed by atoms with van der Waals surface area (Å²) in [5, 5.41) is 8.33. The summed E-state index contributed by atoms with van der Waals surface area (Å²) in [5.74, 6) is -0.933. The molecular weight excluding hydrogens is 326 g/mol. The molecule has 5 nitrogen and oxygen atoms in total. The lowest BCUT2D eigenvalue weighted by molar-refractivity contribution is -0.870. The van der Waals surface area contributed by atoms with E-state index in [0.29, 0.717) is 13.0 Å². The van der Waals surface area contributed by atoms with Crippen LogP contribution in [0.25, 0.3) is 0 Å². The minimum absolute atomic E-state index is 0.520. The van der Waals surface area contributed by atoms with E-state index in [9.17, 15) is 4.79 Å². The molecule has 0 radical (unpaired) electrons. The third-order valence-corrected chi connectivity index (χ3v) is 4.47. The molecule has 0 aromatic carbocycles. The topological polar surface area (TPSA) is 89.3 Å². The van der Waals surface area contributed by atoms with Crippen LogP contribution in [0.2, 0.25) is 0 Å². The van der Waals surface area contributed by atoms with Crippen molar-refractivity contribution in [1.29, 1.82) is 0 Å². The first kappa shape index (κ1) is 27.6. The summed E-state index contributed by atoms with van der Waals surface area (Å²) in [6.07, 6.45) is 16.6. The van der Waals surface area contributed by atoms with E-state index in [0.717, 1.165) is 17.3 Å². The van der Waals surface area contributed by atoms with Gasteiger partial charge in [-0.05, 0) is 32.2 Å². The summed E-state index contributed by atoms with van der Waals surface area (Å²) in [5.41, 5.74) is 10.4. The number of rotatable bonds is 16. The van der Waals surface area contributed by atoms with Gasteiger partial charge < -0.3 is 21.1 Å². The third-order valence-electron chi connectivity index (χ3n) is 4.47. The minimum atomic E-state index is -0.933. The van der Waals surface area contributed by atoms with Gasteiger partial charge >= 0.3 is 5.97 Å². The average Bonchev–Trinajstić information content (AvgIpc) is 2.56. The van der Waals surface area contributed by atoms with Crippen molar-refractivity contribution in [2.75, 3.05) is 34.2 Å². The molecule has 0 spiro atoms. The van der Waals surface area contributed by atoms with Gasteiger partial charge in [0.15, 0.2) is 0 Å². The molecule has 0 aliphatic carbocycles. The number of carbonyl (C=O) groups is 1. The third kappa shape index (κ3) is 25.6. The molecule has 5 N–H and O–H groups in total. The fourth-order valence-corrected chi connectivity index (χ4v) is 2.71. The normalized spacial score (nSPS) is 12.4. The molecule has 0 aliphatic rings. The molecule has 0 bridgehead atoms. The highest BCUT2D eigenvalue weighted by molar-refractivity contribution is 5.72. The van der Waals surface area contributed by atoms with Gasteiger partial charge in [-0.25, -0.2) is 0 Å². The van der Waals surface area contributed by atoms with E-state index in [-0.39, 0.29) is 0 Å². The lowest BCUT2D eigenvalue weighted by atomic mass is 10.1. The largest absolute Gasteiger partial charge is 0.480 e. The molecular formula is C21H48N3O2+. The molecule has 0 aliphatic heterocycles. The SMILES string of the molecule is CCCCCCCCCCCC[N+](C)(C)C.NCCCCC(N)C(=O)O. The second-order valence-corrected chi connectivity index (χ2v) is 8.43. The zero-order valence-corrected chi connectivity index (χ0v) is 18.1. The molecule has 0 saturated carbocycles. The van der Waals surface area contributed by atoms with E-state index in [1.165, 1.54) is 70.8 Å². The first-order chi connectivity index (χ1) is 12.2. The van der Waals surface area contributed by atoms with E-state index in [4.69, 9.17) is 16.6 Å². The molecule has 5 heteroatoms. The van der Waals surface area contributed by atoms with E-state index < -0.39 is 12.0 Å². The number of quaternary nitrogens is 1. The number of carboxylic acid groups (broad SMARTS) is 1. The highest BCUT2D eigenvalue weighted by Gasteiger charge is 2.09. The van der Waals surface area contributed by atoms with Crippen LogP contribution in [0.15, 0.2) is 0 Å². The highest BCUT2D eigenvalue weighted by atomic mass is 16.4. The Labute approximate surface area is 163 Å². The lowest BCUT2D eigenvalue weighted by Gasteiger charge is -2.23. The monoisotopic (exact) mass is 374 g/mol. The Kier molecular flexibility index (Phi) is 20.3. The predicted molar refractivity (Wildman–Crippen MR) is 113 cm³/mol. The molecule has 1 unspecified atom stereocenters. The number of unbranched alkanes of at least 4 members (excludes halogenated alkanes) is 10. The van der Waals surface area contributed by atoms with Crippen molar-refractivity contribution in [3.05, 3.63) is 0 Å². The molecule has 0 aromatic rings. The number of nitrogens with zero attached hydrogens (tertiary/aromatic N) is 1. The molecule has 0 rings (SSSR count). The number of carboxylic acids is 1. The lowest BCUT2D eigenvalue weighted by Crippen LogP contribution is -2.35. The Hall–Kier alpha value is -0.650. The Morgan fingerprint density at radius 3 is 1.69 bits per heavy atom. The van der Waals surface area contributed by atoms with Gasteiger partial charge in [0.2, 0.25) is 0 Å². The van der Waals surface area contributed by atoms with Gasteiger partial charge in [0.05, 0.1) is 27.7 Å². The summed E-state index contributed by atoms with van der Waals surface area (Å²) in [4.78, 5) is 10.1. The molecule has 0 amide bonds.